The maximum atomic E-state index is 13.9. The number of carbonyl (C=O) groups excluding carboxylic acids is 2. The van der Waals surface area contributed by atoms with Crippen molar-refractivity contribution in [3.63, 3.8) is 0 Å². The van der Waals surface area contributed by atoms with Gasteiger partial charge in [0, 0.05) is 7.11 Å². The number of nitrogens with zero attached hydrogens (tertiary/aromatic N) is 1. The van der Waals surface area contributed by atoms with Crippen LogP contribution in [0.4, 0.5) is 4.79 Å². The molecule has 0 unspecified atom stereocenters. The number of amides is 2. The van der Waals surface area contributed by atoms with E-state index in [0.717, 1.165) is 5.56 Å². The van der Waals surface area contributed by atoms with Gasteiger partial charge in [0.15, 0.2) is 5.79 Å². The molecule has 176 valence electrons. The number of rotatable bonds is 8. The van der Waals surface area contributed by atoms with Crippen LogP contribution in [0.1, 0.15) is 46.2 Å². The van der Waals surface area contributed by atoms with Crippen molar-refractivity contribution in [2.75, 3.05) is 13.9 Å². The molecule has 0 aliphatic carbocycles. The summed E-state index contributed by atoms with van der Waals surface area (Å²) in [6.07, 6.45) is -1.48. The summed E-state index contributed by atoms with van der Waals surface area (Å²) >= 11 is 0. The smallest absolute Gasteiger partial charge is 0.417 e. The maximum absolute atomic E-state index is 13.9. The molecule has 0 bridgehead atoms. The highest BCUT2D eigenvalue weighted by Crippen LogP contribution is 2.42. The Bertz CT molecular complexity index is 838. The third-order valence-electron chi connectivity index (χ3n) is 5.89. The second-order valence-electron chi connectivity index (χ2n) is 9.14. The Kier molecular flexibility index (Phi) is 7.09. The van der Waals surface area contributed by atoms with Crippen LogP contribution in [0, 0.1) is 5.41 Å². The minimum absolute atomic E-state index is 0.0610. The average molecular weight is 448 g/mol. The van der Waals surface area contributed by atoms with Gasteiger partial charge >= 0.3 is 6.09 Å². The number of carbonyl (C=O) groups is 2. The van der Waals surface area contributed by atoms with Gasteiger partial charge in [-0.1, -0.05) is 36.4 Å². The Hall–Kier alpha value is -2.26. The summed E-state index contributed by atoms with van der Waals surface area (Å²) in [6, 6.07) is 8.81. The quantitative estimate of drug-likeness (QED) is 0.442. The van der Waals surface area contributed by atoms with Crippen LogP contribution in [0.5, 0.6) is 0 Å². The van der Waals surface area contributed by atoms with E-state index in [-0.39, 0.29) is 6.79 Å². The monoisotopic (exact) mass is 447 g/mol. The van der Waals surface area contributed by atoms with Crippen LogP contribution >= 0.6 is 0 Å². The number of cyclic esters (lactones) is 1. The minimum Gasteiger partial charge on any atom is -0.443 e. The van der Waals surface area contributed by atoms with E-state index < -0.39 is 53.7 Å². The van der Waals surface area contributed by atoms with E-state index in [2.05, 4.69) is 6.58 Å². The molecule has 2 aliphatic heterocycles. The molecule has 0 radical (unpaired) electrons. The molecule has 2 amide bonds. The first-order chi connectivity index (χ1) is 15.0. The number of imide groups is 1. The highest BCUT2D eigenvalue weighted by Gasteiger charge is 2.56. The summed E-state index contributed by atoms with van der Waals surface area (Å²) in [7, 11) is 1.50. The molecule has 1 aromatic carbocycles. The molecule has 2 heterocycles. The number of hydrogen-bond acceptors (Lipinski definition) is 7. The molecule has 0 N–H and O–H groups in total. The van der Waals surface area contributed by atoms with Gasteiger partial charge in [-0.3, -0.25) is 4.79 Å². The van der Waals surface area contributed by atoms with E-state index in [1.807, 2.05) is 30.3 Å². The zero-order chi connectivity index (χ0) is 23.7. The minimum atomic E-state index is -1.19. The Balaban J connectivity index is 1.97. The SMILES string of the molecule is C=C[C@@H]1OC(C)(C)O[C@@H]1[C@@H](OCOC)C(C)(C)C(=O)N1C(=O)O[C@@H](C)[C@H]1c1ccccc1. The van der Waals surface area contributed by atoms with Crippen LogP contribution in [0.3, 0.4) is 0 Å². The van der Waals surface area contributed by atoms with Crippen molar-refractivity contribution < 1.29 is 33.3 Å². The summed E-state index contributed by atoms with van der Waals surface area (Å²) in [6.45, 7) is 12.6. The third-order valence-corrected chi connectivity index (χ3v) is 5.89. The van der Waals surface area contributed by atoms with Gasteiger partial charge in [0.05, 0.1) is 5.41 Å². The molecule has 1 aromatic rings. The lowest BCUT2D eigenvalue weighted by Crippen LogP contribution is -2.55. The van der Waals surface area contributed by atoms with Gasteiger partial charge in [-0.2, -0.15) is 0 Å². The summed E-state index contributed by atoms with van der Waals surface area (Å²) in [5, 5.41) is 0. The Morgan fingerprint density at radius 1 is 1.28 bits per heavy atom. The van der Waals surface area contributed by atoms with Crippen molar-refractivity contribution in [2.24, 2.45) is 5.41 Å². The van der Waals surface area contributed by atoms with Crippen LogP contribution in [-0.2, 0) is 28.5 Å². The van der Waals surface area contributed by atoms with Gasteiger partial charge in [-0.25, -0.2) is 9.69 Å². The van der Waals surface area contributed by atoms with Gasteiger partial charge in [-0.15, -0.1) is 6.58 Å². The second-order valence-corrected chi connectivity index (χ2v) is 9.14. The van der Waals surface area contributed by atoms with Gasteiger partial charge in [0.2, 0.25) is 5.91 Å². The van der Waals surface area contributed by atoms with Crippen LogP contribution in [-0.4, -0.2) is 61.0 Å². The topological polar surface area (TPSA) is 83.5 Å². The molecule has 5 atom stereocenters. The van der Waals surface area contributed by atoms with Crippen LogP contribution in [0.15, 0.2) is 43.0 Å². The predicted octanol–water partition coefficient (Wildman–Crippen LogP) is 3.82. The predicted molar refractivity (Wildman–Crippen MR) is 117 cm³/mol. The molecule has 0 saturated carbocycles. The zero-order valence-electron chi connectivity index (χ0n) is 19.6. The molecule has 3 rings (SSSR count). The van der Waals surface area contributed by atoms with Crippen molar-refractivity contribution in [3.05, 3.63) is 48.6 Å². The number of methoxy groups -OCH3 is 1. The number of hydrogen-bond donors (Lipinski definition) is 0. The van der Waals surface area contributed by atoms with Crippen molar-refractivity contribution in [2.45, 2.75) is 70.9 Å². The lowest BCUT2D eigenvalue weighted by Gasteiger charge is -2.39. The van der Waals surface area contributed by atoms with Crippen LogP contribution in [0.2, 0.25) is 0 Å². The van der Waals surface area contributed by atoms with Gasteiger partial charge in [0.25, 0.3) is 0 Å². The first-order valence-corrected chi connectivity index (χ1v) is 10.7. The molecule has 2 fully saturated rings. The lowest BCUT2D eigenvalue weighted by molar-refractivity contribution is -0.195. The zero-order valence-corrected chi connectivity index (χ0v) is 19.6. The first-order valence-electron chi connectivity index (χ1n) is 10.7. The molecule has 2 aliphatic rings. The fourth-order valence-corrected chi connectivity index (χ4v) is 4.40. The number of benzene rings is 1. The van der Waals surface area contributed by atoms with Crippen LogP contribution in [0.25, 0.3) is 0 Å². The third kappa shape index (κ3) is 4.59. The molecule has 8 nitrogen and oxygen atoms in total. The molecule has 2 saturated heterocycles. The Morgan fingerprint density at radius 2 is 1.94 bits per heavy atom. The lowest BCUT2D eigenvalue weighted by atomic mass is 9.80. The van der Waals surface area contributed by atoms with Crippen molar-refractivity contribution in [3.8, 4) is 0 Å². The number of ether oxygens (including phenoxy) is 5. The molecular weight excluding hydrogens is 414 g/mol. The largest absolute Gasteiger partial charge is 0.443 e. The maximum Gasteiger partial charge on any atom is 0.417 e. The van der Waals surface area contributed by atoms with Gasteiger partial charge < -0.3 is 23.7 Å². The normalized spacial score (nSPS) is 28.4. The fourth-order valence-electron chi connectivity index (χ4n) is 4.40. The molecule has 32 heavy (non-hydrogen) atoms. The average Bonchev–Trinajstić information content (AvgIpc) is 3.22. The van der Waals surface area contributed by atoms with E-state index >= 15 is 0 Å². The summed E-state index contributed by atoms with van der Waals surface area (Å²) in [5.41, 5.74) is -0.375. The van der Waals surface area contributed by atoms with Crippen molar-refractivity contribution >= 4 is 12.0 Å². The van der Waals surface area contributed by atoms with E-state index in [9.17, 15) is 9.59 Å². The highest BCUT2D eigenvalue weighted by molar-refractivity contribution is 5.97. The molecular formula is C24H33NO7. The van der Waals surface area contributed by atoms with E-state index in [0.29, 0.717) is 0 Å². The molecule has 0 aromatic heterocycles. The van der Waals surface area contributed by atoms with Crippen LogP contribution < -0.4 is 0 Å². The Morgan fingerprint density at radius 3 is 2.53 bits per heavy atom. The van der Waals surface area contributed by atoms with Gasteiger partial charge in [-0.05, 0) is 40.2 Å². The summed E-state index contributed by atoms with van der Waals surface area (Å²) in [4.78, 5) is 27.9. The van der Waals surface area contributed by atoms with Crippen molar-refractivity contribution in [1.29, 1.82) is 0 Å². The fraction of sp³-hybridized carbons (Fsp3) is 0.583. The van der Waals surface area contributed by atoms with Crippen molar-refractivity contribution in [1.82, 2.24) is 4.90 Å². The molecule has 8 heteroatoms. The van der Waals surface area contributed by atoms with Gasteiger partial charge in [0.1, 0.15) is 37.3 Å². The molecule has 0 spiro atoms. The van der Waals surface area contributed by atoms with E-state index in [1.54, 1.807) is 40.7 Å². The highest BCUT2D eigenvalue weighted by atomic mass is 16.8. The first kappa shape index (κ1) is 24.4. The Labute approximate surface area is 189 Å². The second kappa shape index (κ2) is 9.31. The van der Waals surface area contributed by atoms with E-state index in [1.165, 1.54) is 12.0 Å². The summed E-state index contributed by atoms with van der Waals surface area (Å²) in [5.74, 6) is -1.32. The van der Waals surface area contributed by atoms with E-state index in [4.69, 9.17) is 23.7 Å². The summed E-state index contributed by atoms with van der Waals surface area (Å²) < 4.78 is 28.6. The standard InChI is InChI=1S/C24H33NO7/c1-8-17-19(32-24(5,6)31-17)20(29-14-28-7)23(3,4)21(26)25-18(15(2)30-22(25)27)16-12-10-9-11-13-16/h8-13,15,17-20H,1,14H2,2-7H3/t15-,17-,18-,19-,20+/m0/s1.